The minimum Gasteiger partial charge on any atom is -0.493 e. The number of fused-ring (bicyclic) bond motifs is 1. The van der Waals surface area contributed by atoms with Gasteiger partial charge in [0.05, 0.1) is 6.61 Å². The molecule has 1 atom stereocenters. The third-order valence-electron chi connectivity index (χ3n) is 3.97. The van der Waals surface area contributed by atoms with Gasteiger partial charge in [0.25, 0.3) is 0 Å². The molecule has 1 heterocycles. The van der Waals surface area contributed by atoms with Crippen LogP contribution in [0.3, 0.4) is 0 Å². The van der Waals surface area contributed by atoms with Gasteiger partial charge in [-0.05, 0) is 54.8 Å². The molecule has 0 radical (unpaired) electrons. The SMILES string of the molecule is C[C@H](NCCc1ccc2c(c1)CCO2)c1cccc(F)c1. The van der Waals surface area contributed by atoms with Gasteiger partial charge in [-0.3, -0.25) is 0 Å². The molecule has 0 saturated heterocycles. The molecule has 1 aliphatic heterocycles. The van der Waals surface area contributed by atoms with Crippen molar-refractivity contribution in [1.82, 2.24) is 5.32 Å². The van der Waals surface area contributed by atoms with Crippen molar-refractivity contribution in [2.45, 2.75) is 25.8 Å². The van der Waals surface area contributed by atoms with Crippen LogP contribution in [0, 0.1) is 5.82 Å². The topological polar surface area (TPSA) is 21.3 Å². The molecular formula is C18H20FNO. The molecule has 1 aliphatic rings. The largest absolute Gasteiger partial charge is 0.493 e. The second-order valence-corrected chi connectivity index (χ2v) is 5.52. The highest BCUT2D eigenvalue weighted by atomic mass is 19.1. The number of hydrogen-bond acceptors (Lipinski definition) is 2. The zero-order chi connectivity index (χ0) is 14.7. The molecule has 3 heteroatoms. The van der Waals surface area contributed by atoms with Gasteiger partial charge < -0.3 is 10.1 Å². The third-order valence-corrected chi connectivity index (χ3v) is 3.97. The molecule has 0 aromatic heterocycles. The summed E-state index contributed by atoms with van der Waals surface area (Å²) in [5, 5.41) is 3.44. The second-order valence-electron chi connectivity index (χ2n) is 5.52. The smallest absolute Gasteiger partial charge is 0.123 e. The van der Waals surface area contributed by atoms with E-state index < -0.39 is 0 Å². The lowest BCUT2D eigenvalue weighted by Crippen LogP contribution is -2.21. The summed E-state index contributed by atoms with van der Waals surface area (Å²) < 4.78 is 18.7. The normalized spacial score (nSPS) is 14.6. The third kappa shape index (κ3) is 3.42. The molecule has 110 valence electrons. The van der Waals surface area contributed by atoms with Crippen LogP contribution in [0.4, 0.5) is 4.39 Å². The molecule has 0 fully saturated rings. The van der Waals surface area contributed by atoms with Crippen molar-refractivity contribution >= 4 is 0 Å². The van der Waals surface area contributed by atoms with E-state index in [1.54, 1.807) is 12.1 Å². The predicted octanol–water partition coefficient (Wildman–Crippen LogP) is 3.65. The molecule has 0 aliphatic carbocycles. The van der Waals surface area contributed by atoms with Crippen LogP contribution >= 0.6 is 0 Å². The van der Waals surface area contributed by atoms with Crippen LogP contribution in [-0.4, -0.2) is 13.2 Å². The van der Waals surface area contributed by atoms with Crippen LogP contribution in [-0.2, 0) is 12.8 Å². The van der Waals surface area contributed by atoms with E-state index in [0.29, 0.717) is 0 Å². The van der Waals surface area contributed by atoms with Gasteiger partial charge in [-0.2, -0.15) is 0 Å². The Morgan fingerprint density at radius 1 is 1.24 bits per heavy atom. The maximum absolute atomic E-state index is 13.2. The van der Waals surface area contributed by atoms with Crippen molar-refractivity contribution in [2.75, 3.05) is 13.2 Å². The van der Waals surface area contributed by atoms with Crippen molar-refractivity contribution < 1.29 is 9.13 Å². The highest BCUT2D eigenvalue weighted by Crippen LogP contribution is 2.26. The van der Waals surface area contributed by atoms with E-state index in [9.17, 15) is 4.39 Å². The number of hydrogen-bond donors (Lipinski definition) is 1. The predicted molar refractivity (Wildman–Crippen MR) is 82.2 cm³/mol. The Kier molecular flexibility index (Phi) is 4.20. The fraction of sp³-hybridized carbons (Fsp3) is 0.333. The van der Waals surface area contributed by atoms with Crippen molar-refractivity contribution in [3.05, 3.63) is 65.0 Å². The molecule has 0 bridgehead atoms. The molecule has 0 amide bonds. The van der Waals surface area contributed by atoms with Gasteiger partial charge >= 0.3 is 0 Å². The highest BCUT2D eigenvalue weighted by molar-refractivity contribution is 5.39. The van der Waals surface area contributed by atoms with Crippen molar-refractivity contribution in [3.63, 3.8) is 0 Å². The average Bonchev–Trinajstić information content (AvgIpc) is 2.94. The Morgan fingerprint density at radius 2 is 2.14 bits per heavy atom. The first-order chi connectivity index (χ1) is 10.2. The maximum Gasteiger partial charge on any atom is 0.123 e. The Labute approximate surface area is 125 Å². The summed E-state index contributed by atoms with van der Waals surface area (Å²) in [5.41, 5.74) is 3.61. The highest BCUT2D eigenvalue weighted by Gasteiger charge is 2.12. The molecule has 2 aromatic carbocycles. The molecule has 0 saturated carbocycles. The zero-order valence-electron chi connectivity index (χ0n) is 12.2. The van der Waals surface area contributed by atoms with Crippen LogP contribution in [0.15, 0.2) is 42.5 Å². The van der Waals surface area contributed by atoms with Gasteiger partial charge in [0.1, 0.15) is 11.6 Å². The molecule has 0 spiro atoms. The molecule has 3 rings (SSSR count). The summed E-state index contributed by atoms with van der Waals surface area (Å²) >= 11 is 0. The summed E-state index contributed by atoms with van der Waals surface area (Å²) in [6.07, 6.45) is 1.98. The van der Waals surface area contributed by atoms with Crippen LogP contribution in [0.2, 0.25) is 0 Å². The number of ether oxygens (including phenoxy) is 1. The van der Waals surface area contributed by atoms with E-state index in [0.717, 1.165) is 37.3 Å². The van der Waals surface area contributed by atoms with Gasteiger partial charge in [-0.1, -0.05) is 24.3 Å². The first-order valence-corrected chi connectivity index (χ1v) is 7.46. The Bertz CT molecular complexity index is 626. The van der Waals surface area contributed by atoms with E-state index in [2.05, 4.69) is 30.4 Å². The molecule has 21 heavy (non-hydrogen) atoms. The molecule has 1 N–H and O–H groups in total. The minimum atomic E-state index is -0.181. The lowest BCUT2D eigenvalue weighted by atomic mass is 10.1. The first-order valence-electron chi connectivity index (χ1n) is 7.46. The Hall–Kier alpha value is -1.87. The van der Waals surface area contributed by atoms with Crippen LogP contribution in [0.5, 0.6) is 5.75 Å². The summed E-state index contributed by atoms with van der Waals surface area (Å²) in [4.78, 5) is 0. The van der Waals surface area contributed by atoms with E-state index in [1.807, 2.05) is 6.07 Å². The van der Waals surface area contributed by atoms with Gasteiger partial charge in [0.2, 0.25) is 0 Å². The van der Waals surface area contributed by atoms with Crippen LogP contribution < -0.4 is 10.1 Å². The summed E-state index contributed by atoms with van der Waals surface area (Å²) in [6, 6.07) is 13.3. The zero-order valence-corrected chi connectivity index (χ0v) is 12.2. The number of rotatable bonds is 5. The number of benzene rings is 2. The summed E-state index contributed by atoms with van der Waals surface area (Å²) in [6.45, 7) is 3.73. The van der Waals surface area contributed by atoms with Crippen molar-refractivity contribution in [2.24, 2.45) is 0 Å². The lowest BCUT2D eigenvalue weighted by molar-refractivity contribution is 0.357. The number of nitrogens with one attached hydrogen (secondary N) is 1. The van der Waals surface area contributed by atoms with E-state index in [-0.39, 0.29) is 11.9 Å². The Morgan fingerprint density at radius 3 is 3.00 bits per heavy atom. The van der Waals surface area contributed by atoms with Crippen LogP contribution in [0.1, 0.15) is 29.7 Å². The lowest BCUT2D eigenvalue weighted by Gasteiger charge is -2.14. The van der Waals surface area contributed by atoms with Gasteiger partial charge in [-0.25, -0.2) is 4.39 Å². The fourth-order valence-corrected chi connectivity index (χ4v) is 2.72. The summed E-state index contributed by atoms with van der Waals surface area (Å²) in [7, 11) is 0. The minimum absolute atomic E-state index is 0.151. The van der Waals surface area contributed by atoms with E-state index in [4.69, 9.17) is 4.74 Å². The van der Waals surface area contributed by atoms with Crippen molar-refractivity contribution in [1.29, 1.82) is 0 Å². The standard InChI is InChI=1S/C18H20FNO/c1-13(15-3-2-4-17(19)12-15)20-9-7-14-5-6-18-16(11-14)8-10-21-18/h2-6,11-13,20H,7-10H2,1H3/t13-/m0/s1. The molecular weight excluding hydrogens is 265 g/mol. The van der Waals surface area contributed by atoms with Crippen LogP contribution in [0.25, 0.3) is 0 Å². The van der Waals surface area contributed by atoms with Gasteiger partial charge in [0, 0.05) is 12.5 Å². The quantitative estimate of drug-likeness (QED) is 0.905. The van der Waals surface area contributed by atoms with E-state index in [1.165, 1.54) is 17.2 Å². The van der Waals surface area contributed by atoms with Gasteiger partial charge in [-0.15, -0.1) is 0 Å². The van der Waals surface area contributed by atoms with Crippen molar-refractivity contribution in [3.8, 4) is 5.75 Å². The maximum atomic E-state index is 13.2. The molecule has 2 aromatic rings. The Balaban J connectivity index is 1.54. The average molecular weight is 285 g/mol. The number of halogens is 1. The van der Waals surface area contributed by atoms with Gasteiger partial charge in [0.15, 0.2) is 0 Å². The summed E-state index contributed by atoms with van der Waals surface area (Å²) in [5.74, 6) is 0.847. The molecule has 0 unspecified atom stereocenters. The first kappa shape index (κ1) is 14.1. The fourth-order valence-electron chi connectivity index (χ4n) is 2.72. The van der Waals surface area contributed by atoms with E-state index >= 15 is 0 Å². The molecule has 2 nitrogen and oxygen atoms in total. The second kappa shape index (κ2) is 6.27. The monoisotopic (exact) mass is 285 g/mol.